The molecule has 21 heavy (non-hydrogen) atoms. The number of benzene rings is 2. The zero-order valence-corrected chi connectivity index (χ0v) is 13.1. The smallest absolute Gasteiger partial charge is 0.125 e. The first-order valence-corrected chi connectivity index (χ1v) is 7.30. The van der Waals surface area contributed by atoms with E-state index >= 15 is 0 Å². The first-order chi connectivity index (χ1) is 10.0. The molecular formula is C17H20ClFN2. The van der Waals surface area contributed by atoms with Gasteiger partial charge in [-0.2, -0.15) is 0 Å². The van der Waals surface area contributed by atoms with Crippen LogP contribution in [0.3, 0.4) is 0 Å². The van der Waals surface area contributed by atoms with Crippen molar-refractivity contribution in [2.24, 2.45) is 5.73 Å². The largest absolute Gasteiger partial charge is 0.329 e. The minimum absolute atomic E-state index is 0.0715. The summed E-state index contributed by atoms with van der Waals surface area (Å²) in [6.45, 7) is 3.24. The second kappa shape index (κ2) is 7.03. The third kappa shape index (κ3) is 4.03. The van der Waals surface area contributed by atoms with E-state index in [1.54, 1.807) is 6.07 Å². The monoisotopic (exact) mass is 306 g/mol. The standard InChI is InChI=1S/C17H20ClFN2/c1-12-5-3-4-6-13(12)11-21(2)17(10-20)14-7-15(18)9-16(19)8-14/h3-9,17H,10-11,20H2,1-2H3. The lowest BCUT2D eigenvalue weighted by molar-refractivity contribution is 0.241. The molecule has 0 aliphatic rings. The van der Waals surface area contributed by atoms with Gasteiger partial charge in [-0.25, -0.2) is 4.39 Å². The van der Waals surface area contributed by atoms with E-state index in [0.29, 0.717) is 11.6 Å². The zero-order valence-electron chi connectivity index (χ0n) is 12.3. The number of halogens is 2. The van der Waals surface area contributed by atoms with Gasteiger partial charge in [0, 0.05) is 24.2 Å². The summed E-state index contributed by atoms with van der Waals surface area (Å²) in [5.74, 6) is -0.333. The third-order valence-electron chi connectivity index (χ3n) is 3.71. The molecule has 2 rings (SSSR count). The van der Waals surface area contributed by atoms with Gasteiger partial charge < -0.3 is 5.73 Å². The summed E-state index contributed by atoms with van der Waals surface area (Å²) in [7, 11) is 1.99. The topological polar surface area (TPSA) is 29.3 Å². The fourth-order valence-electron chi connectivity index (χ4n) is 2.50. The van der Waals surface area contributed by atoms with Crippen LogP contribution in [0.1, 0.15) is 22.7 Å². The van der Waals surface area contributed by atoms with E-state index in [0.717, 1.165) is 12.1 Å². The summed E-state index contributed by atoms with van der Waals surface area (Å²) >= 11 is 5.94. The van der Waals surface area contributed by atoms with Crippen molar-refractivity contribution >= 4 is 11.6 Å². The fraction of sp³-hybridized carbons (Fsp3) is 0.294. The van der Waals surface area contributed by atoms with Crippen molar-refractivity contribution < 1.29 is 4.39 Å². The Hall–Kier alpha value is -1.42. The SMILES string of the molecule is Cc1ccccc1CN(C)C(CN)c1cc(F)cc(Cl)c1. The van der Waals surface area contributed by atoms with Crippen molar-refractivity contribution in [3.63, 3.8) is 0 Å². The number of likely N-dealkylation sites (N-methyl/N-ethyl adjacent to an activating group) is 1. The van der Waals surface area contributed by atoms with Crippen LogP contribution in [0, 0.1) is 12.7 Å². The molecular weight excluding hydrogens is 287 g/mol. The second-order valence-electron chi connectivity index (χ2n) is 5.30. The molecule has 2 aromatic carbocycles. The van der Waals surface area contributed by atoms with Gasteiger partial charge in [-0.3, -0.25) is 4.90 Å². The Bertz CT molecular complexity index is 595. The highest BCUT2D eigenvalue weighted by Crippen LogP contribution is 2.25. The predicted octanol–water partition coefficient (Wildman–Crippen LogP) is 3.92. The Morgan fingerprint density at radius 3 is 2.57 bits per heavy atom. The first kappa shape index (κ1) is 16.0. The van der Waals surface area contributed by atoms with E-state index in [4.69, 9.17) is 17.3 Å². The predicted molar refractivity (Wildman–Crippen MR) is 85.9 cm³/mol. The van der Waals surface area contributed by atoms with Crippen LogP contribution in [-0.2, 0) is 6.54 Å². The average molecular weight is 307 g/mol. The van der Waals surface area contributed by atoms with Crippen molar-refractivity contribution in [3.8, 4) is 0 Å². The summed E-state index contributed by atoms with van der Waals surface area (Å²) in [5, 5.41) is 0.396. The number of rotatable bonds is 5. The Kier molecular flexibility index (Phi) is 5.34. The summed E-state index contributed by atoms with van der Waals surface area (Å²) in [4.78, 5) is 2.12. The molecule has 2 aromatic rings. The molecule has 0 saturated carbocycles. The Morgan fingerprint density at radius 2 is 1.95 bits per heavy atom. The first-order valence-electron chi connectivity index (χ1n) is 6.92. The lowest BCUT2D eigenvalue weighted by atomic mass is 10.0. The average Bonchev–Trinajstić information content (AvgIpc) is 2.41. The summed E-state index contributed by atoms with van der Waals surface area (Å²) in [6, 6.07) is 12.7. The van der Waals surface area contributed by atoms with Crippen LogP contribution in [-0.4, -0.2) is 18.5 Å². The normalized spacial score (nSPS) is 12.7. The highest BCUT2D eigenvalue weighted by Gasteiger charge is 2.17. The second-order valence-corrected chi connectivity index (χ2v) is 5.73. The van der Waals surface area contributed by atoms with Crippen molar-refractivity contribution in [1.29, 1.82) is 0 Å². The Balaban J connectivity index is 2.22. The van der Waals surface area contributed by atoms with E-state index in [9.17, 15) is 4.39 Å². The van der Waals surface area contributed by atoms with Gasteiger partial charge in [0.15, 0.2) is 0 Å². The molecule has 112 valence electrons. The van der Waals surface area contributed by atoms with Crippen LogP contribution in [0.15, 0.2) is 42.5 Å². The van der Waals surface area contributed by atoms with Gasteiger partial charge in [0.1, 0.15) is 5.82 Å². The van der Waals surface area contributed by atoms with E-state index in [1.807, 2.05) is 19.2 Å². The van der Waals surface area contributed by atoms with Crippen LogP contribution < -0.4 is 5.73 Å². The van der Waals surface area contributed by atoms with Crippen LogP contribution in [0.2, 0.25) is 5.02 Å². The van der Waals surface area contributed by atoms with Crippen LogP contribution in [0.25, 0.3) is 0 Å². The molecule has 0 spiro atoms. The van der Waals surface area contributed by atoms with Gasteiger partial charge >= 0.3 is 0 Å². The lowest BCUT2D eigenvalue weighted by Gasteiger charge is -2.28. The molecule has 0 amide bonds. The van der Waals surface area contributed by atoms with Gasteiger partial charge in [0.25, 0.3) is 0 Å². The van der Waals surface area contributed by atoms with Crippen molar-refractivity contribution in [1.82, 2.24) is 4.90 Å². The molecule has 0 aliphatic heterocycles. The zero-order chi connectivity index (χ0) is 15.4. The maximum atomic E-state index is 13.5. The molecule has 2 N–H and O–H groups in total. The van der Waals surface area contributed by atoms with Crippen LogP contribution >= 0.6 is 11.6 Å². The molecule has 0 heterocycles. The molecule has 1 atom stereocenters. The maximum Gasteiger partial charge on any atom is 0.125 e. The van der Waals surface area contributed by atoms with E-state index in [-0.39, 0.29) is 11.9 Å². The number of nitrogens with zero attached hydrogens (tertiary/aromatic N) is 1. The van der Waals surface area contributed by atoms with Gasteiger partial charge in [0.2, 0.25) is 0 Å². The van der Waals surface area contributed by atoms with Gasteiger partial charge in [-0.1, -0.05) is 35.9 Å². The maximum absolute atomic E-state index is 13.5. The Labute approximate surface area is 130 Å². The Morgan fingerprint density at radius 1 is 1.24 bits per heavy atom. The summed E-state index contributed by atoms with van der Waals surface area (Å²) in [6.07, 6.45) is 0. The number of nitrogens with two attached hydrogens (primary N) is 1. The molecule has 0 aliphatic carbocycles. The van der Waals surface area contributed by atoms with Crippen molar-refractivity contribution in [2.45, 2.75) is 19.5 Å². The van der Waals surface area contributed by atoms with Gasteiger partial charge in [-0.15, -0.1) is 0 Å². The molecule has 0 fully saturated rings. The van der Waals surface area contributed by atoms with Crippen LogP contribution in [0.4, 0.5) is 4.39 Å². The number of hydrogen-bond acceptors (Lipinski definition) is 2. The molecule has 0 bridgehead atoms. The number of aryl methyl sites for hydroxylation is 1. The van der Waals surface area contributed by atoms with Gasteiger partial charge in [-0.05, 0) is 48.9 Å². The minimum atomic E-state index is -0.333. The third-order valence-corrected chi connectivity index (χ3v) is 3.92. The van der Waals surface area contributed by atoms with E-state index in [1.165, 1.54) is 23.3 Å². The number of hydrogen-bond donors (Lipinski definition) is 1. The lowest BCUT2D eigenvalue weighted by Crippen LogP contribution is -2.30. The van der Waals surface area contributed by atoms with Gasteiger partial charge in [0.05, 0.1) is 0 Å². The highest BCUT2D eigenvalue weighted by atomic mass is 35.5. The fourth-order valence-corrected chi connectivity index (χ4v) is 2.73. The van der Waals surface area contributed by atoms with E-state index in [2.05, 4.69) is 24.0 Å². The molecule has 0 aromatic heterocycles. The quantitative estimate of drug-likeness (QED) is 0.907. The van der Waals surface area contributed by atoms with E-state index < -0.39 is 0 Å². The summed E-state index contributed by atoms with van der Waals surface area (Å²) < 4.78 is 13.5. The van der Waals surface area contributed by atoms with Crippen molar-refractivity contribution in [3.05, 3.63) is 70.0 Å². The molecule has 1 unspecified atom stereocenters. The summed E-state index contributed by atoms with van der Waals surface area (Å²) in [5.41, 5.74) is 9.17. The molecule has 0 radical (unpaired) electrons. The highest BCUT2D eigenvalue weighted by molar-refractivity contribution is 6.30. The minimum Gasteiger partial charge on any atom is -0.329 e. The van der Waals surface area contributed by atoms with Crippen molar-refractivity contribution in [2.75, 3.05) is 13.6 Å². The molecule has 0 saturated heterocycles. The molecule has 2 nitrogen and oxygen atoms in total. The van der Waals surface area contributed by atoms with Crippen LogP contribution in [0.5, 0.6) is 0 Å². The molecule has 4 heteroatoms.